The fourth-order valence-corrected chi connectivity index (χ4v) is 4.13. The van der Waals surface area contributed by atoms with Crippen molar-refractivity contribution >= 4 is 22.9 Å². The topological polar surface area (TPSA) is 28.5 Å². The summed E-state index contributed by atoms with van der Waals surface area (Å²) in [6.45, 7) is 1.56. The number of aromatic nitrogens is 1. The number of benzene rings is 1. The van der Waals surface area contributed by atoms with E-state index < -0.39 is 0 Å². The molecule has 128 valence electrons. The average molecular weight is 351 g/mol. The molecule has 0 fully saturated rings. The summed E-state index contributed by atoms with van der Waals surface area (Å²) in [7, 11) is 4.07. The monoisotopic (exact) mass is 351 g/mol. The lowest BCUT2D eigenvalue weighted by Gasteiger charge is -2.37. The van der Waals surface area contributed by atoms with Gasteiger partial charge >= 0.3 is 0 Å². The van der Waals surface area contributed by atoms with Crippen molar-refractivity contribution in [1.82, 2.24) is 9.47 Å². The van der Waals surface area contributed by atoms with Crippen LogP contribution in [0.2, 0.25) is 0 Å². The van der Waals surface area contributed by atoms with Crippen molar-refractivity contribution in [2.45, 2.75) is 12.6 Å². The van der Waals surface area contributed by atoms with Gasteiger partial charge in [-0.05, 0) is 41.3 Å². The summed E-state index contributed by atoms with van der Waals surface area (Å²) in [5.41, 5.74) is 3.48. The molecule has 3 heterocycles. The maximum atomic E-state index is 13.1. The molecule has 1 amide bonds. The normalized spacial score (nSPS) is 16.6. The van der Waals surface area contributed by atoms with E-state index in [2.05, 4.69) is 52.1 Å². The molecule has 4 rings (SSSR count). The van der Waals surface area contributed by atoms with Gasteiger partial charge in [0.25, 0.3) is 5.91 Å². The van der Waals surface area contributed by atoms with Crippen molar-refractivity contribution in [3.8, 4) is 0 Å². The number of nitrogens with zero attached hydrogens (tertiary/aromatic N) is 3. The van der Waals surface area contributed by atoms with E-state index >= 15 is 0 Å². The van der Waals surface area contributed by atoms with Crippen LogP contribution in [-0.4, -0.2) is 36.0 Å². The molecule has 1 aliphatic heterocycles. The number of hydrogen-bond acceptors (Lipinski definition) is 3. The van der Waals surface area contributed by atoms with E-state index in [1.54, 1.807) is 0 Å². The zero-order valence-electron chi connectivity index (χ0n) is 14.4. The van der Waals surface area contributed by atoms with Gasteiger partial charge in [-0.2, -0.15) is 0 Å². The molecule has 0 saturated heterocycles. The van der Waals surface area contributed by atoms with Crippen LogP contribution < -0.4 is 4.90 Å². The summed E-state index contributed by atoms with van der Waals surface area (Å²) < 4.78 is 2.25. The second-order valence-corrected chi connectivity index (χ2v) is 7.44. The van der Waals surface area contributed by atoms with Crippen LogP contribution in [0.4, 0.5) is 5.69 Å². The minimum Gasteiger partial charge on any atom is -0.378 e. The van der Waals surface area contributed by atoms with Gasteiger partial charge in [0, 0.05) is 44.8 Å². The Labute approximate surface area is 151 Å². The summed E-state index contributed by atoms with van der Waals surface area (Å²) in [4.78, 5) is 18.0. The number of anilines is 1. The van der Waals surface area contributed by atoms with Crippen LogP contribution in [0.5, 0.6) is 0 Å². The first-order valence-electron chi connectivity index (χ1n) is 8.42. The zero-order chi connectivity index (χ0) is 17.4. The van der Waals surface area contributed by atoms with E-state index in [0.717, 1.165) is 29.2 Å². The van der Waals surface area contributed by atoms with Crippen molar-refractivity contribution in [1.29, 1.82) is 0 Å². The maximum Gasteiger partial charge on any atom is 0.264 e. The van der Waals surface area contributed by atoms with Crippen molar-refractivity contribution in [3.05, 3.63) is 76.2 Å². The summed E-state index contributed by atoms with van der Waals surface area (Å²) in [6.07, 6.45) is 2.10. The smallest absolute Gasteiger partial charge is 0.264 e. The maximum absolute atomic E-state index is 13.1. The van der Waals surface area contributed by atoms with E-state index in [4.69, 9.17) is 0 Å². The molecule has 5 heteroatoms. The summed E-state index contributed by atoms with van der Waals surface area (Å²) in [5.74, 6) is 0.115. The SMILES string of the molecule is CN(C)c1ccc(C2c3cccn3CCN2C(=O)c2cccs2)cc1. The van der Waals surface area contributed by atoms with E-state index in [1.165, 1.54) is 17.0 Å². The molecule has 1 aromatic carbocycles. The Kier molecular flexibility index (Phi) is 4.09. The van der Waals surface area contributed by atoms with Gasteiger partial charge in [-0.15, -0.1) is 11.3 Å². The van der Waals surface area contributed by atoms with Gasteiger partial charge in [-0.1, -0.05) is 18.2 Å². The number of amides is 1. The van der Waals surface area contributed by atoms with E-state index in [9.17, 15) is 4.79 Å². The molecule has 4 nitrogen and oxygen atoms in total. The summed E-state index contributed by atoms with van der Waals surface area (Å²) >= 11 is 1.51. The van der Waals surface area contributed by atoms with Crippen molar-refractivity contribution < 1.29 is 4.79 Å². The van der Waals surface area contributed by atoms with Gasteiger partial charge < -0.3 is 14.4 Å². The quantitative estimate of drug-likeness (QED) is 0.717. The van der Waals surface area contributed by atoms with Crippen LogP contribution >= 0.6 is 11.3 Å². The Bertz CT molecular complexity index is 865. The number of carbonyl (C=O) groups is 1. The van der Waals surface area contributed by atoms with Crippen LogP contribution in [0.15, 0.2) is 60.1 Å². The minimum absolute atomic E-state index is 0.0467. The molecule has 0 spiro atoms. The number of carbonyl (C=O) groups excluding carboxylic acids is 1. The van der Waals surface area contributed by atoms with E-state index in [0.29, 0.717) is 0 Å². The molecule has 25 heavy (non-hydrogen) atoms. The van der Waals surface area contributed by atoms with Crippen LogP contribution in [0.25, 0.3) is 0 Å². The Morgan fingerprint density at radius 3 is 2.56 bits per heavy atom. The predicted molar refractivity (Wildman–Crippen MR) is 102 cm³/mol. The highest BCUT2D eigenvalue weighted by Gasteiger charge is 2.32. The predicted octanol–water partition coefficient (Wildman–Crippen LogP) is 3.86. The van der Waals surface area contributed by atoms with Crippen molar-refractivity contribution in [3.63, 3.8) is 0 Å². The molecule has 0 N–H and O–H groups in total. The van der Waals surface area contributed by atoms with Crippen LogP contribution in [0.1, 0.15) is 27.0 Å². The van der Waals surface area contributed by atoms with Gasteiger partial charge in [0.05, 0.1) is 10.9 Å². The van der Waals surface area contributed by atoms with Crippen LogP contribution in [0, 0.1) is 0 Å². The second-order valence-electron chi connectivity index (χ2n) is 6.49. The second kappa shape index (κ2) is 6.41. The molecule has 2 aromatic heterocycles. The highest BCUT2D eigenvalue weighted by atomic mass is 32.1. The lowest BCUT2D eigenvalue weighted by molar-refractivity contribution is 0.0669. The highest BCUT2D eigenvalue weighted by molar-refractivity contribution is 7.12. The third-order valence-electron chi connectivity index (χ3n) is 4.76. The highest BCUT2D eigenvalue weighted by Crippen LogP contribution is 2.34. The lowest BCUT2D eigenvalue weighted by atomic mass is 9.99. The summed E-state index contributed by atoms with van der Waals surface area (Å²) in [6, 6.07) is 16.5. The van der Waals surface area contributed by atoms with Crippen molar-refractivity contribution in [2.24, 2.45) is 0 Å². The Morgan fingerprint density at radius 1 is 1.08 bits per heavy atom. The third-order valence-corrected chi connectivity index (χ3v) is 5.61. The molecule has 1 atom stereocenters. The fourth-order valence-electron chi connectivity index (χ4n) is 3.45. The fraction of sp³-hybridized carbons (Fsp3) is 0.250. The average Bonchev–Trinajstić information content (AvgIpc) is 3.31. The first-order chi connectivity index (χ1) is 12.1. The number of thiophene rings is 1. The standard InChI is InChI=1S/C20H21N3OS/c1-21(2)16-9-7-15(8-10-16)19-17-5-3-11-22(17)12-13-23(19)20(24)18-6-4-14-25-18/h3-11,14,19H,12-13H2,1-2H3. The van der Waals surface area contributed by atoms with Gasteiger partial charge in [0.15, 0.2) is 0 Å². The van der Waals surface area contributed by atoms with Crippen molar-refractivity contribution in [2.75, 3.05) is 25.5 Å². The summed E-state index contributed by atoms with van der Waals surface area (Å²) in [5, 5.41) is 1.96. The molecule has 0 aliphatic carbocycles. The molecule has 1 unspecified atom stereocenters. The van der Waals surface area contributed by atoms with Crippen LogP contribution in [-0.2, 0) is 6.54 Å². The Morgan fingerprint density at radius 2 is 1.88 bits per heavy atom. The number of fused-ring (bicyclic) bond motifs is 1. The minimum atomic E-state index is -0.0467. The van der Waals surface area contributed by atoms with Gasteiger partial charge in [0.1, 0.15) is 0 Å². The molecular weight excluding hydrogens is 330 g/mol. The Balaban J connectivity index is 1.75. The third kappa shape index (κ3) is 2.85. The molecule has 1 aliphatic rings. The van der Waals surface area contributed by atoms with Crippen LogP contribution in [0.3, 0.4) is 0 Å². The van der Waals surface area contributed by atoms with E-state index in [-0.39, 0.29) is 11.9 Å². The van der Waals surface area contributed by atoms with Gasteiger partial charge in [-0.3, -0.25) is 4.79 Å². The first kappa shape index (κ1) is 16.0. The molecule has 0 radical (unpaired) electrons. The molecular formula is C20H21N3OS. The zero-order valence-corrected chi connectivity index (χ0v) is 15.2. The molecule has 3 aromatic rings. The number of hydrogen-bond donors (Lipinski definition) is 0. The largest absolute Gasteiger partial charge is 0.378 e. The van der Waals surface area contributed by atoms with Gasteiger partial charge in [0.2, 0.25) is 0 Å². The van der Waals surface area contributed by atoms with E-state index in [1.807, 2.05) is 36.5 Å². The molecule has 0 bridgehead atoms. The lowest BCUT2D eigenvalue weighted by Crippen LogP contribution is -2.42. The number of rotatable bonds is 3. The first-order valence-corrected chi connectivity index (χ1v) is 9.30. The molecule has 0 saturated carbocycles. The van der Waals surface area contributed by atoms with Gasteiger partial charge in [-0.25, -0.2) is 0 Å². The Hall–Kier alpha value is -2.53.